The fourth-order valence-corrected chi connectivity index (χ4v) is 2.29. The van der Waals surface area contributed by atoms with Gasteiger partial charge in [0.1, 0.15) is 5.15 Å². The number of hydrogen-bond acceptors (Lipinski definition) is 5. The number of nitrogens with zero attached hydrogens (tertiary/aromatic N) is 3. The third kappa shape index (κ3) is 5.72. The van der Waals surface area contributed by atoms with E-state index in [2.05, 4.69) is 25.8 Å². The van der Waals surface area contributed by atoms with Crippen molar-refractivity contribution in [3.63, 3.8) is 0 Å². The molecule has 1 heterocycles. The standard InChI is InChI=1S/C20H16ClN5O2/c21-18-11-6-14(12-22-18)13-23-19(27)20(28)24-15-7-9-17(10-8-15)26-25-16-4-2-1-3-5-16/h1-12H,13H2,(H,23,27)(H,24,28). The molecule has 3 rings (SSSR count). The van der Waals surface area contributed by atoms with E-state index in [0.29, 0.717) is 16.5 Å². The summed E-state index contributed by atoms with van der Waals surface area (Å²) in [4.78, 5) is 27.8. The number of pyridine rings is 1. The number of hydrogen-bond donors (Lipinski definition) is 2. The molecule has 1 aromatic heterocycles. The Labute approximate surface area is 166 Å². The second-order valence-electron chi connectivity index (χ2n) is 5.71. The molecule has 0 fully saturated rings. The highest BCUT2D eigenvalue weighted by atomic mass is 35.5. The lowest BCUT2D eigenvalue weighted by Crippen LogP contribution is -2.34. The molecule has 0 spiro atoms. The molecule has 28 heavy (non-hydrogen) atoms. The van der Waals surface area contributed by atoms with Gasteiger partial charge in [-0.05, 0) is 48.0 Å². The van der Waals surface area contributed by atoms with Crippen LogP contribution in [-0.4, -0.2) is 16.8 Å². The monoisotopic (exact) mass is 393 g/mol. The largest absolute Gasteiger partial charge is 0.344 e. The Morgan fingerprint density at radius 2 is 1.54 bits per heavy atom. The topological polar surface area (TPSA) is 95.8 Å². The molecule has 0 atom stereocenters. The quantitative estimate of drug-likeness (QED) is 0.382. The number of aromatic nitrogens is 1. The van der Waals surface area contributed by atoms with E-state index >= 15 is 0 Å². The number of benzene rings is 2. The van der Waals surface area contributed by atoms with Gasteiger partial charge in [0.05, 0.1) is 11.4 Å². The summed E-state index contributed by atoms with van der Waals surface area (Å²) in [6.45, 7) is 0.176. The third-order valence-electron chi connectivity index (χ3n) is 3.61. The van der Waals surface area contributed by atoms with E-state index in [-0.39, 0.29) is 6.54 Å². The van der Waals surface area contributed by atoms with Crippen molar-refractivity contribution < 1.29 is 9.59 Å². The van der Waals surface area contributed by atoms with Crippen LogP contribution in [0.4, 0.5) is 17.1 Å². The lowest BCUT2D eigenvalue weighted by atomic mass is 10.2. The average Bonchev–Trinajstić information content (AvgIpc) is 2.73. The predicted octanol–water partition coefficient (Wildman–Crippen LogP) is 4.41. The van der Waals surface area contributed by atoms with Gasteiger partial charge in [-0.3, -0.25) is 9.59 Å². The first-order chi connectivity index (χ1) is 13.6. The first-order valence-electron chi connectivity index (χ1n) is 8.36. The van der Waals surface area contributed by atoms with Crippen LogP contribution in [-0.2, 0) is 16.1 Å². The number of nitrogens with one attached hydrogen (secondary N) is 2. The lowest BCUT2D eigenvalue weighted by molar-refractivity contribution is -0.136. The molecule has 7 nitrogen and oxygen atoms in total. The third-order valence-corrected chi connectivity index (χ3v) is 3.83. The Kier molecular flexibility index (Phi) is 6.43. The van der Waals surface area contributed by atoms with Crippen molar-refractivity contribution in [2.75, 3.05) is 5.32 Å². The van der Waals surface area contributed by atoms with Gasteiger partial charge in [0.15, 0.2) is 0 Å². The van der Waals surface area contributed by atoms with Crippen LogP contribution >= 0.6 is 11.6 Å². The first-order valence-corrected chi connectivity index (χ1v) is 8.74. The molecule has 140 valence electrons. The molecule has 0 saturated heterocycles. The molecule has 0 aliphatic carbocycles. The second-order valence-corrected chi connectivity index (χ2v) is 6.10. The molecular weight excluding hydrogens is 378 g/mol. The van der Waals surface area contributed by atoms with Crippen molar-refractivity contribution in [3.8, 4) is 0 Å². The minimum atomic E-state index is -0.763. The summed E-state index contributed by atoms with van der Waals surface area (Å²) < 4.78 is 0. The highest BCUT2D eigenvalue weighted by Crippen LogP contribution is 2.20. The van der Waals surface area contributed by atoms with Crippen LogP contribution in [0.15, 0.2) is 83.2 Å². The van der Waals surface area contributed by atoms with Gasteiger partial charge in [0, 0.05) is 18.4 Å². The molecule has 0 saturated carbocycles. The summed E-state index contributed by atoms with van der Waals surface area (Å²) >= 11 is 5.70. The number of carbonyl (C=O) groups is 2. The van der Waals surface area contributed by atoms with E-state index in [1.165, 1.54) is 6.20 Å². The van der Waals surface area contributed by atoms with Crippen LogP contribution < -0.4 is 10.6 Å². The molecule has 2 N–H and O–H groups in total. The van der Waals surface area contributed by atoms with Gasteiger partial charge in [0.2, 0.25) is 0 Å². The minimum absolute atomic E-state index is 0.176. The van der Waals surface area contributed by atoms with E-state index in [1.807, 2.05) is 30.3 Å². The molecule has 0 aliphatic rings. The van der Waals surface area contributed by atoms with Crippen molar-refractivity contribution in [1.82, 2.24) is 10.3 Å². The lowest BCUT2D eigenvalue weighted by Gasteiger charge is -2.06. The zero-order valence-corrected chi connectivity index (χ0v) is 15.4. The van der Waals surface area contributed by atoms with E-state index < -0.39 is 11.8 Å². The van der Waals surface area contributed by atoms with Crippen molar-refractivity contribution >= 4 is 40.5 Å². The van der Waals surface area contributed by atoms with Crippen molar-refractivity contribution in [3.05, 3.63) is 83.6 Å². The number of rotatable bonds is 5. The summed E-state index contributed by atoms with van der Waals surface area (Å²) in [5, 5.41) is 13.6. The number of halogens is 1. The van der Waals surface area contributed by atoms with E-state index in [4.69, 9.17) is 11.6 Å². The normalized spacial score (nSPS) is 10.6. The summed E-state index contributed by atoms with van der Waals surface area (Å²) in [5.74, 6) is -1.51. The van der Waals surface area contributed by atoms with Crippen LogP contribution in [0.3, 0.4) is 0 Å². The molecule has 8 heteroatoms. The predicted molar refractivity (Wildman–Crippen MR) is 107 cm³/mol. The summed E-state index contributed by atoms with van der Waals surface area (Å²) in [6.07, 6.45) is 1.53. The molecule has 0 radical (unpaired) electrons. The maximum Gasteiger partial charge on any atom is 0.313 e. The van der Waals surface area contributed by atoms with E-state index in [0.717, 1.165) is 11.3 Å². The zero-order valence-electron chi connectivity index (χ0n) is 14.7. The van der Waals surface area contributed by atoms with Gasteiger partial charge in [-0.15, -0.1) is 0 Å². The van der Waals surface area contributed by atoms with E-state index in [1.54, 1.807) is 36.4 Å². The van der Waals surface area contributed by atoms with Gasteiger partial charge in [-0.1, -0.05) is 35.9 Å². The summed E-state index contributed by atoms with van der Waals surface area (Å²) in [7, 11) is 0. The Morgan fingerprint density at radius 1 is 0.857 bits per heavy atom. The Bertz CT molecular complexity index is 974. The Morgan fingerprint density at radius 3 is 2.18 bits per heavy atom. The first kappa shape index (κ1) is 19.2. The van der Waals surface area contributed by atoms with Crippen LogP contribution in [0.2, 0.25) is 5.15 Å². The fourth-order valence-electron chi connectivity index (χ4n) is 2.18. The van der Waals surface area contributed by atoms with Crippen molar-refractivity contribution in [2.24, 2.45) is 10.2 Å². The maximum absolute atomic E-state index is 12.0. The van der Waals surface area contributed by atoms with Gasteiger partial charge < -0.3 is 10.6 Å². The molecular formula is C20H16ClN5O2. The number of amides is 2. The van der Waals surface area contributed by atoms with Crippen LogP contribution in [0, 0.1) is 0 Å². The maximum atomic E-state index is 12.0. The minimum Gasteiger partial charge on any atom is -0.344 e. The highest BCUT2D eigenvalue weighted by Gasteiger charge is 2.13. The van der Waals surface area contributed by atoms with Crippen LogP contribution in [0.1, 0.15) is 5.56 Å². The number of carbonyl (C=O) groups excluding carboxylic acids is 2. The Balaban J connectivity index is 1.51. The summed E-state index contributed by atoms with van der Waals surface area (Å²) in [5.41, 5.74) is 2.58. The molecule has 2 amide bonds. The fraction of sp³-hybridized carbons (Fsp3) is 0.0500. The highest BCUT2D eigenvalue weighted by molar-refractivity contribution is 6.39. The molecule has 0 unspecified atom stereocenters. The molecule has 2 aromatic carbocycles. The van der Waals surface area contributed by atoms with Crippen molar-refractivity contribution in [2.45, 2.75) is 6.54 Å². The summed E-state index contributed by atoms with van der Waals surface area (Å²) in [6, 6.07) is 19.4. The van der Waals surface area contributed by atoms with Crippen LogP contribution in [0.25, 0.3) is 0 Å². The van der Waals surface area contributed by atoms with Gasteiger partial charge >= 0.3 is 11.8 Å². The van der Waals surface area contributed by atoms with Gasteiger partial charge in [-0.2, -0.15) is 10.2 Å². The SMILES string of the molecule is O=C(NCc1ccc(Cl)nc1)C(=O)Nc1ccc(N=Nc2ccccc2)cc1. The molecule has 0 bridgehead atoms. The van der Waals surface area contributed by atoms with E-state index in [9.17, 15) is 9.59 Å². The zero-order chi connectivity index (χ0) is 19.8. The number of azo groups is 1. The van der Waals surface area contributed by atoms with Crippen LogP contribution in [0.5, 0.6) is 0 Å². The molecule has 0 aliphatic heterocycles. The smallest absolute Gasteiger partial charge is 0.313 e. The molecule has 3 aromatic rings. The van der Waals surface area contributed by atoms with Crippen molar-refractivity contribution in [1.29, 1.82) is 0 Å². The van der Waals surface area contributed by atoms with Gasteiger partial charge in [0.25, 0.3) is 0 Å². The average molecular weight is 394 g/mol. The Hall–Kier alpha value is -3.58. The number of anilines is 1. The second kappa shape index (κ2) is 9.38. The van der Waals surface area contributed by atoms with Gasteiger partial charge in [-0.25, -0.2) is 4.98 Å².